The molecule has 1 amide bonds. The Morgan fingerprint density at radius 2 is 1.97 bits per heavy atom. The summed E-state index contributed by atoms with van der Waals surface area (Å²) in [5.74, 6) is 0.510. The number of fused-ring (bicyclic) bond motifs is 1. The smallest absolute Gasteiger partial charge is 0.338 e. The van der Waals surface area contributed by atoms with Crippen LogP contribution in [0.25, 0.3) is 0 Å². The van der Waals surface area contributed by atoms with Crippen molar-refractivity contribution in [2.45, 2.75) is 26.9 Å². The lowest BCUT2D eigenvalue weighted by Crippen LogP contribution is -2.23. The summed E-state index contributed by atoms with van der Waals surface area (Å²) < 4.78 is 15.9. The summed E-state index contributed by atoms with van der Waals surface area (Å²) in [4.78, 5) is 30.8. The van der Waals surface area contributed by atoms with Crippen LogP contribution in [0.15, 0.2) is 47.8 Å². The van der Waals surface area contributed by atoms with Gasteiger partial charge in [-0.3, -0.25) is 9.69 Å². The summed E-state index contributed by atoms with van der Waals surface area (Å²) in [5.41, 5.74) is 2.81. The van der Waals surface area contributed by atoms with Gasteiger partial charge < -0.3 is 14.2 Å². The van der Waals surface area contributed by atoms with Gasteiger partial charge in [0.25, 0.3) is 0 Å². The molecular weight excluding hydrogens is 404 g/mol. The fraction of sp³-hybridized carbons (Fsp3) is 0.227. The number of nitrogens with zero attached hydrogens (tertiary/aromatic N) is 2. The first-order valence-corrected chi connectivity index (χ1v) is 10.3. The Balaban J connectivity index is 1.48. The van der Waals surface area contributed by atoms with Crippen molar-refractivity contribution in [2.24, 2.45) is 0 Å². The number of carbonyl (C=O) groups excluding carboxylic acids is 2. The van der Waals surface area contributed by atoms with Crippen molar-refractivity contribution < 1.29 is 23.8 Å². The van der Waals surface area contributed by atoms with Gasteiger partial charge in [0.2, 0.25) is 12.7 Å². The number of anilines is 2. The highest BCUT2D eigenvalue weighted by molar-refractivity contribution is 7.14. The largest absolute Gasteiger partial charge is 0.456 e. The maximum Gasteiger partial charge on any atom is 0.338 e. The summed E-state index contributed by atoms with van der Waals surface area (Å²) >= 11 is 1.33. The first-order valence-electron chi connectivity index (χ1n) is 9.46. The van der Waals surface area contributed by atoms with Gasteiger partial charge in [0, 0.05) is 12.3 Å². The van der Waals surface area contributed by atoms with Gasteiger partial charge in [-0.2, -0.15) is 0 Å². The van der Waals surface area contributed by atoms with Crippen LogP contribution in [-0.4, -0.2) is 23.7 Å². The van der Waals surface area contributed by atoms with Crippen LogP contribution in [0.2, 0.25) is 0 Å². The topological polar surface area (TPSA) is 78.0 Å². The molecule has 7 nitrogen and oxygen atoms in total. The van der Waals surface area contributed by atoms with Crippen molar-refractivity contribution in [1.29, 1.82) is 0 Å². The van der Waals surface area contributed by atoms with Gasteiger partial charge >= 0.3 is 5.97 Å². The van der Waals surface area contributed by atoms with Crippen LogP contribution in [0.5, 0.6) is 11.5 Å². The molecule has 0 unspecified atom stereocenters. The zero-order valence-electron chi connectivity index (χ0n) is 16.6. The molecule has 0 fully saturated rings. The third-order valence-corrected chi connectivity index (χ3v) is 5.49. The number of thiazole rings is 1. The van der Waals surface area contributed by atoms with E-state index in [0.29, 0.717) is 27.9 Å². The van der Waals surface area contributed by atoms with Crippen molar-refractivity contribution in [1.82, 2.24) is 4.98 Å². The zero-order valence-corrected chi connectivity index (χ0v) is 17.4. The van der Waals surface area contributed by atoms with Crippen LogP contribution in [0.1, 0.15) is 35.5 Å². The summed E-state index contributed by atoms with van der Waals surface area (Å²) in [7, 11) is 0. The molecule has 1 aliphatic heterocycles. The number of amides is 1. The van der Waals surface area contributed by atoms with Crippen molar-refractivity contribution >= 4 is 34.0 Å². The molecule has 0 radical (unpaired) electrons. The Morgan fingerprint density at radius 1 is 1.17 bits per heavy atom. The predicted octanol–water partition coefficient (Wildman–Crippen LogP) is 4.48. The molecule has 0 saturated carbocycles. The van der Waals surface area contributed by atoms with Crippen LogP contribution in [0.3, 0.4) is 0 Å². The van der Waals surface area contributed by atoms with Gasteiger partial charge in [0.05, 0.1) is 16.9 Å². The van der Waals surface area contributed by atoms with Crippen LogP contribution >= 0.6 is 11.3 Å². The summed E-state index contributed by atoms with van der Waals surface area (Å²) in [6, 6.07) is 12.6. The van der Waals surface area contributed by atoms with Gasteiger partial charge in [-0.1, -0.05) is 25.1 Å². The summed E-state index contributed by atoms with van der Waals surface area (Å²) in [6.07, 6.45) is 0.797. The monoisotopic (exact) mass is 424 g/mol. The highest BCUT2D eigenvalue weighted by Gasteiger charge is 2.21. The molecule has 1 aliphatic rings. The lowest BCUT2D eigenvalue weighted by molar-refractivity contribution is -0.115. The number of benzene rings is 2. The van der Waals surface area contributed by atoms with E-state index in [1.165, 1.54) is 18.3 Å². The third kappa shape index (κ3) is 3.99. The maximum absolute atomic E-state index is 12.4. The fourth-order valence-corrected chi connectivity index (χ4v) is 4.01. The van der Waals surface area contributed by atoms with Crippen LogP contribution in [0.4, 0.5) is 10.8 Å². The number of hydrogen-bond acceptors (Lipinski definition) is 7. The fourth-order valence-electron chi connectivity index (χ4n) is 3.15. The Kier molecular flexibility index (Phi) is 5.67. The second-order valence-electron chi connectivity index (χ2n) is 6.60. The van der Waals surface area contributed by atoms with E-state index < -0.39 is 5.97 Å². The Hall–Kier alpha value is -3.39. The molecule has 0 N–H and O–H groups in total. The van der Waals surface area contributed by atoms with E-state index >= 15 is 0 Å². The Morgan fingerprint density at radius 3 is 2.77 bits per heavy atom. The van der Waals surface area contributed by atoms with Gasteiger partial charge in [0.15, 0.2) is 16.6 Å². The average Bonchev–Trinajstić information content (AvgIpc) is 3.41. The molecule has 0 bridgehead atoms. The summed E-state index contributed by atoms with van der Waals surface area (Å²) in [6.45, 7) is 3.70. The zero-order chi connectivity index (χ0) is 21.1. The number of aryl methyl sites for hydroxylation is 1. The average molecular weight is 424 g/mol. The van der Waals surface area contributed by atoms with Crippen molar-refractivity contribution in [2.75, 3.05) is 11.7 Å². The van der Waals surface area contributed by atoms with E-state index in [9.17, 15) is 9.59 Å². The molecule has 0 atom stereocenters. The molecule has 1 aromatic heterocycles. The van der Waals surface area contributed by atoms with Crippen molar-refractivity contribution in [3.63, 3.8) is 0 Å². The highest BCUT2D eigenvalue weighted by atomic mass is 32.1. The number of aromatic nitrogens is 1. The van der Waals surface area contributed by atoms with Crippen LogP contribution in [0, 0.1) is 0 Å². The second kappa shape index (κ2) is 8.54. The summed E-state index contributed by atoms with van der Waals surface area (Å²) in [5, 5.41) is 2.32. The molecule has 0 aliphatic carbocycles. The first kappa shape index (κ1) is 19.9. The molecule has 154 valence electrons. The van der Waals surface area contributed by atoms with Crippen LogP contribution < -0.4 is 14.4 Å². The minimum atomic E-state index is -0.484. The molecule has 2 heterocycles. The maximum atomic E-state index is 12.4. The lowest BCUT2D eigenvalue weighted by atomic mass is 10.1. The molecule has 2 aromatic carbocycles. The number of esters is 1. The minimum absolute atomic E-state index is 0.00491. The quantitative estimate of drug-likeness (QED) is 0.543. The highest BCUT2D eigenvalue weighted by Crippen LogP contribution is 2.33. The normalized spacial score (nSPS) is 11.9. The van der Waals surface area contributed by atoms with Gasteiger partial charge in [-0.05, 0) is 36.2 Å². The van der Waals surface area contributed by atoms with E-state index in [0.717, 1.165) is 17.7 Å². The molecule has 3 aromatic rings. The molecule has 0 spiro atoms. The van der Waals surface area contributed by atoms with E-state index in [1.807, 2.05) is 31.2 Å². The lowest BCUT2D eigenvalue weighted by Gasteiger charge is -2.20. The van der Waals surface area contributed by atoms with Gasteiger partial charge in [-0.15, -0.1) is 11.3 Å². The predicted molar refractivity (Wildman–Crippen MR) is 112 cm³/mol. The van der Waals surface area contributed by atoms with E-state index in [4.69, 9.17) is 14.2 Å². The second-order valence-corrected chi connectivity index (χ2v) is 7.44. The molecule has 4 rings (SSSR count). The van der Waals surface area contributed by atoms with Crippen molar-refractivity contribution in [3.05, 3.63) is 64.7 Å². The van der Waals surface area contributed by atoms with E-state index in [-0.39, 0.29) is 19.3 Å². The minimum Gasteiger partial charge on any atom is -0.456 e. The number of carbonyl (C=O) groups is 2. The third-order valence-electron chi connectivity index (χ3n) is 4.62. The van der Waals surface area contributed by atoms with Gasteiger partial charge in [-0.25, -0.2) is 9.78 Å². The SMILES string of the molecule is CCc1ccccc1N(C(C)=O)c1nc(COC(=O)c2ccc3c(c2)OCO3)cs1. The first-order chi connectivity index (χ1) is 14.6. The van der Waals surface area contributed by atoms with Crippen molar-refractivity contribution in [3.8, 4) is 11.5 Å². The number of hydrogen-bond donors (Lipinski definition) is 0. The number of rotatable bonds is 6. The van der Waals surface area contributed by atoms with E-state index in [2.05, 4.69) is 4.98 Å². The number of ether oxygens (including phenoxy) is 3. The molecule has 0 saturated heterocycles. The molecular formula is C22H20N2O5S. The van der Waals surface area contributed by atoms with Gasteiger partial charge in [0.1, 0.15) is 6.61 Å². The standard InChI is InChI=1S/C22H20N2O5S/c1-3-15-6-4-5-7-18(15)24(14(2)25)22-23-17(12-30-22)11-27-21(26)16-8-9-19-20(10-16)29-13-28-19/h4-10,12H,3,11,13H2,1-2H3. The Bertz CT molecular complexity index is 1090. The number of para-hydroxylation sites is 1. The molecule has 30 heavy (non-hydrogen) atoms. The van der Waals surface area contributed by atoms with Crippen LogP contribution in [-0.2, 0) is 22.6 Å². The van der Waals surface area contributed by atoms with E-state index in [1.54, 1.807) is 28.5 Å². The Labute approximate surface area is 177 Å². The molecule has 8 heteroatoms.